The molecule has 0 aliphatic rings. The molecule has 3 N–H and O–H groups in total. The number of rotatable bonds is 6. The van der Waals surface area contributed by atoms with E-state index >= 15 is 0 Å². The fourth-order valence-corrected chi connectivity index (χ4v) is 2.67. The van der Waals surface area contributed by atoms with Crippen molar-refractivity contribution in [2.24, 2.45) is 5.92 Å². The average molecular weight is 284 g/mol. The van der Waals surface area contributed by atoms with Crippen molar-refractivity contribution in [3.05, 3.63) is 4.88 Å². The van der Waals surface area contributed by atoms with E-state index in [2.05, 4.69) is 24.1 Å². The summed E-state index contributed by atoms with van der Waals surface area (Å²) in [6, 6.07) is 0.270. The summed E-state index contributed by atoms with van der Waals surface area (Å²) in [7, 11) is 1.81. The van der Waals surface area contributed by atoms with E-state index in [0.717, 1.165) is 13.0 Å². The van der Waals surface area contributed by atoms with Crippen LogP contribution in [0.1, 0.15) is 43.8 Å². The van der Waals surface area contributed by atoms with Gasteiger partial charge in [0.1, 0.15) is 10.7 Å². The number of hydrogen-bond donors (Lipinski definition) is 2. The van der Waals surface area contributed by atoms with Crippen molar-refractivity contribution in [3.63, 3.8) is 0 Å². The van der Waals surface area contributed by atoms with Gasteiger partial charge in [0, 0.05) is 19.6 Å². The minimum absolute atomic E-state index is 0.0490. The van der Waals surface area contributed by atoms with Gasteiger partial charge in [0.25, 0.3) is 5.91 Å². The number of aromatic nitrogens is 1. The van der Waals surface area contributed by atoms with Gasteiger partial charge in [0.05, 0.1) is 0 Å². The molecule has 0 radical (unpaired) electrons. The molecule has 0 spiro atoms. The molecule has 0 saturated heterocycles. The van der Waals surface area contributed by atoms with Crippen LogP contribution in [0.4, 0.5) is 10.9 Å². The number of hydrogen-bond acceptors (Lipinski definition) is 5. The largest absolute Gasteiger partial charge is 0.382 e. The molecule has 0 fully saturated rings. The number of anilines is 2. The van der Waals surface area contributed by atoms with Crippen LogP contribution in [0.15, 0.2) is 0 Å². The molecule has 1 aromatic heterocycles. The van der Waals surface area contributed by atoms with E-state index in [1.807, 2.05) is 20.9 Å². The summed E-state index contributed by atoms with van der Waals surface area (Å²) >= 11 is 1.32. The summed E-state index contributed by atoms with van der Waals surface area (Å²) in [5.41, 5.74) is 5.83. The molecule has 0 aliphatic carbocycles. The normalized spacial score (nSPS) is 12.5. The maximum Gasteiger partial charge on any atom is 0.267 e. The van der Waals surface area contributed by atoms with E-state index in [1.54, 1.807) is 4.90 Å². The third-order valence-corrected chi connectivity index (χ3v) is 3.88. The minimum atomic E-state index is -0.0490. The quantitative estimate of drug-likeness (QED) is 0.842. The maximum absolute atomic E-state index is 12.3. The number of nitrogens with two attached hydrogens (primary N) is 1. The van der Waals surface area contributed by atoms with Crippen molar-refractivity contribution in [1.82, 2.24) is 9.88 Å². The standard InChI is InChI=1S/C13H24N4OS/c1-6-9(4)7-17(5)12(18)10-11(14)16-13(19-10)15-8(2)3/h8-9H,6-7,14H2,1-5H3,(H,15,16). The zero-order valence-electron chi connectivity index (χ0n) is 12.4. The SMILES string of the molecule is CCC(C)CN(C)C(=O)c1sc(NC(C)C)nc1N. The molecule has 1 heterocycles. The summed E-state index contributed by atoms with van der Waals surface area (Å²) in [4.78, 5) is 18.7. The molecule has 19 heavy (non-hydrogen) atoms. The number of nitrogens with zero attached hydrogens (tertiary/aromatic N) is 2. The van der Waals surface area contributed by atoms with Crippen LogP contribution >= 0.6 is 11.3 Å². The molecule has 1 atom stereocenters. The van der Waals surface area contributed by atoms with E-state index in [1.165, 1.54) is 11.3 Å². The predicted octanol–water partition coefficient (Wildman–Crippen LogP) is 2.66. The number of thiazole rings is 1. The lowest BCUT2D eigenvalue weighted by molar-refractivity contribution is 0.0780. The van der Waals surface area contributed by atoms with Gasteiger partial charge in [0.2, 0.25) is 0 Å². The van der Waals surface area contributed by atoms with E-state index < -0.39 is 0 Å². The molecule has 1 aromatic rings. The number of amides is 1. The Labute approximate surface area is 119 Å². The Kier molecular flexibility index (Phi) is 5.60. The van der Waals surface area contributed by atoms with Gasteiger partial charge >= 0.3 is 0 Å². The molecule has 0 aliphatic heterocycles. The van der Waals surface area contributed by atoms with Crippen LogP contribution in [0.5, 0.6) is 0 Å². The van der Waals surface area contributed by atoms with Crippen LogP contribution in [0.25, 0.3) is 0 Å². The Morgan fingerprint density at radius 1 is 1.47 bits per heavy atom. The van der Waals surface area contributed by atoms with Crippen LogP contribution in [0.2, 0.25) is 0 Å². The van der Waals surface area contributed by atoms with Gasteiger partial charge in [-0.2, -0.15) is 0 Å². The zero-order valence-corrected chi connectivity index (χ0v) is 13.2. The first kappa shape index (κ1) is 15.8. The smallest absolute Gasteiger partial charge is 0.267 e. The average Bonchev–Trinajstić information content (AvgIpc) is 2.67. The summed E-state index contributed by atoms with van der Waals surface area (Å²) in [6.07, 6.45) is 1.05. The molecule has 0 saturated carbocycles. The molecule has 1 rings (SSSR count). The fourth-order valence-electron chi connectivity index (χ4n) is 1.65. The predicted molar refractivity (Wildman–Crippen MR) is 81.7 cm³/mol. The molecule has 1 amide bonds. The van der Waals surface area contributed by atoms with E-state index in [9.17, 15) is 4.79 Å². The lowest BCUT2D eigenvalue weighted by atomic mass is 10.1. The Morgan fingerprint density at radius 2 is 2.11 bits per heavy atom. The van der Waals surface area contributed by atoms with Crippen LogP contribution in [-0.4, -0.2) is 35.4 Å². The molecule has 0 aromatic carbocycles. The first-order valence-electron chi connectivity index (χ1n) is 6.63. The second kappa shape index (κ2) is 6.75. The molecule has 5 nitrogen and oxygen atoms in total. The van der Waals surface area contributed by atoms with Crippen LogP contribution in [-0.2, 0) is 0 Å². The third kappa shape index (κ3) is 4.38. The molecule has 6 heteroatoms. The third-order valence-electron chi connectivity index (χ3n) is 2.89. The number of nitrogens with one attached hydrogen (secondary N) is 1. The van der Waals surface area contributed by atoms with Gasteiger partial charge in [0.15, 0.2) is 5.13 Å². The monoisotopic (exact) mass is 284 g/mol. The van der Waals surface area contributed by atoms with E-state index in [0.29, 0.717) is 21.7 Å². The molecular formula is C13H24N4OS. The zero-order chi connectivity index (χ0) is 14.6. The highest BCUT2D eigenvalue weighted by molar-refractivity contribution is 7.18. The van der Waals surface area contributed by atoms with Gasteiger partial charge in [-0.15, -0.1) is 0 Å². The van der Waals surface area contributed by atoms with E-state index in [-0.39, 0.29) is 11.9 Å². The van der Waals surface area contributed by atoms with Crippen molar-refractivity contribution in [3.8, 4) is 0 Å². The van der Waals surface area contributed by atoms with Crippen LogP contribution in [0, 0.1) is 5.92 Å². The second-order valence-corrected chi connectivity index (χ2v) is 6.23. The van der Waals surface area contributed by atoms with Crippen molar-refractivity contribution in [2.75, 3.05) is 24.6 Å². The van der Waals surface area contributed by atoms with Crippen LogP contribution in [0.3, 0.4) is 0 Å². The number of carbonyl (C=O) groups is 1. The highest BCUT2D eigenvalue weighted by Gasteiger charge is 2.20. The molecular weight excluding hydrogens is 260 g/mol. The Balaban J connectivity index is 2.78. The molecule has 0 bridgehead atoms. The second-order valence-electron chi connectivity index (χ2n) is 5.23. The summed E-state index contributed by atoms with van der Waals surface area (Å²) in [5, 5.41) is 3.87. The van der Waals surface area contributed by atoms with Gasteiger partial charge in [-0.1, -0.05) is 31.6 Å². The van der Waals surface area contributed by atoms with Gasteiger partial charge in [-0.3, -0.25) is 4.79 Å². The van der Waals surface area contributed by atoms with Gasteiger partial charge in [-0.05, 0) is 19.8 Å². The van der Waals surface area contributed by atoms with Gasteiger partial charge in [-0.25, -0.2) is 4.98 Å². The first-order chi connectivity index (χ1) is 8.85. The maximum atomic E-state index is 12.3. The Hall–Kier alpha value is -1.30. The topological polar surface area (TPSA) is 71.2 Å². The molecule has 108 valence electrons. The minimum Gasteiger partial charge on any atom is -0.382 e. The van der Waals surface area contributed by atoms with E-state index in [4.69, 9.17) is 5.73 Å². The lowest BCUT2D eigenvalue weighted by Gasteiger charge is -2.20. The highest BCUT2D eigenvalue weighted by Crippen LogP contribution is 2.26. The van der Waals surface area contributed by atoms with Crippen molar-refractivity contribution in [1.29, 1.82) is 0 Å². The van der Waals surface area contributed by atoms with Crippen molar-refractivity contribution >= 4 is 28.2 Å². The fraction of sp³-hybridized carbons (Fsp3) is 0.692. The lowest BCUT2D eigenvalue weighted by Crippen LogP contribution is -2.30. The van der Waals surface area contributed by atoms with Gasteiger partial charge < -0.3 is 16.0 Å². The molecule has 1 unspecified atom stereocenters. The number of carbonyl (C=O) groups excluding carboxylic acids is 1. The number of nitrogen functional groups attached to an aromatic ring is 1. The summed E-state index contributed by atoms with van der Waals surface area (Å²) < 4.78 is 0. The Bertz CT molecular complexity index is 430. The van der Waals surface area contributed by atoms with Crippen LogP contribution < -0.4 is 11.1 Å². The first-order valence-corrected chi connectivity index (χ1v) is 7.45. The summed E-state index contributed by atoms with van der Waals surface area (Å²) in [6.45, 7) is 9.03. The summed E-state index contributed by atoms with van der Waals surface area (Å²) in [5.74, 6) is 0.748. The van der Waals surface area contributed by atoms with Crippen molar-refractivity contribution < 1.29 is 4.79 Å². The highest BCUT2D eigenvalue weighted by atomic mass is 32.1. The Morgan fingerprint density at radius 3 is 2.63 bits per heavy atom. The van der Waals surface area contributed by atoms with Crippen molar-refractivity contribution in [2.45, 2.75) is 40.2 Å².